The van der Waals surface area contributed by atoms with Gasteiger partial charge in [0.15, 0.2) is 0 Å². The molecule has 1 aromatic heterocycles. The number of nitrogens with zero attached hydrogens (tertiary/aromatic N) is 4. The minimum atomic E-state index is -0.781. The van der Waals surface area contributed by atoms with Crippen molar-refractivity contribution in [1.82, 2.24) is 9.55 Å². The van der Waals surface area contributed by atoms with Crippen LogP contribution in [0.15, 0.2) is 61.2 Å². The Kier molecular flexibility index (Phi) is 4.88. The summed E-state index contributed by atoms with van der Waals surface area (Å²) in [5.41, 5.74) is 0.0459. The first kappa shape index (κ1) is 17.7. The van der Waals surface area contributed by atoms with E-state index in [0.29, 0.717) is 12.2 Å². The Morgan fingerprint density at radius 3 is 2.33 bits per heavy atom. The quantitative estimate of drug-likeness (QED) is 0.526. The molecule has 0 saturated carbocycles. The van der Waals surface area contributed by atoms with Crippen molar-refractivity contribution in [2.75, 3.05) is 5.32 Å². The van der Waals surface area contributed by atoms with Crippen molar-refractivity contribution in [2.45, 2.75) is 6.54 Å². The fourth-order valence-corrected chi connectivity index (χ4v) is 2.49. The highest BCUT2D eigenvalue weighted by molar-refractivity contribution is 6.05. The summed E-state index contributed by atoms with van der Waals surface area (Å²) in [5, 5.41) is 24.6. The standard InChI is InChI=1S/C17H13N5O5/c23-17(13-7-14(21(24)25)9-15(8-13)22(26)27)19-16-4-2-1-3-12(16)10-20-6-5-18-11-20/h1-9,11H,10H2,(H,19,23). The van der Waals surface area contributed by atoms with Crippen molar-refractivity contribution < 1.29 is 14.6 Å². The third-order valence-corrected chi connectivity index (χ3v) is 3.76. The van der Waals surface area contributed by atoms with Crippen molar-refractivity contribution >= 4 is 23.0 Å². The van der Waals surface area contributed by atoms with E-state index in [2.05, 4.69) is 10.3 Å². The Labute approximate surface area is 152 Å². The number of hydrogen-bond donors (Lipinski definition) is 1. The normalized spacial score (nSPS) is 10.4. The minimum Gasteiger partial charge on any atom is -0.333 e. The van der Waals surface area contributed by atoms with Crippen LogP contribution in [0.25, 0.3) is 0 Å². The van der Waals surface area contributed by atoms with Gasteiger partial charge >= 0.3 is 0 Å². The topological polar surface area (TPSA) is 133 Å². The molecule has 1 amide bonds. The van der Waals surface area contributed by atoms with Crippen molar-refractivity contribution in [3.05, 3.63) is 92.5 Å². The third kappa shape index (κ3) is 4.12. The second-order valence-corrected chi connectivity index (χ2v) is 5.60. The van der Waals surface area contributed by atoms with Crippen molar-refractivity contribution in [2.24, 2.45) is 0 Å². The fraction of sp³-hybridized carbons (Fsp3) is 0.0588. The zero-order chi connectivity index (χ0) is 19.4. The first-order valence-corrected chi connectivity index (χ1v) is 7.73. The van der Waals surface area contributed by atoms with Crippen LogP contribution < -0.4 is 5.32 Å². The summed E-state index contributed by atoms with van der Waals surface area (Å²) in [4.78, 5) is 36.9. The first-order valence-electron chi connectivity index (χ1n) is 7.73. The van der Waals surface area contributed by atoms with Gasteiger partial charge in [-0.3, -0.25) is 25.0 Å². The van der Waals surface area contributed by atoms with Gasteiger partial charge in [0.2, 0.25) is 0 Å². The predicted octanol–water partition coefficient (Wildman–Crippen LogP) is 3.00. The maximum absolute atomic E-state index is 12.5. The number of non-ortho nitro benzene ring substituents is 2. The summed E-state index contributed by atoms with van der Waals surface area (Å²) in [6, 6.07) is 9.83. The van der Waals surface area contributed by atoms with Crippen LogP contribution in [0.3, 0.4) is 0 Å². The van der Waals surface area contributed by atoms with Gasteiger partial charge < -0.3 is 9.88 Å². The van der Waals surface area contributed by atoms with Gasteiger partial charge in [-0.2, -0.15) is 0 Å². The lowest BCUT2D eigenvalue weighted by molar-refractivity contribution is -0.394. The molecule has 0 radical (unpaired) electrons. The minimum absolute atomic E-state index is 0.173. The van der Waals surface area contributed by atoms with Crippen LogP contribution in [0, 0.1) is 20.2 Å². The number of rotatable bonds is 6. The highest BCUT2D eigenvalue weighted by atomic mass is 16.6. The Morgan fingerprint density at radius 1 is 1.07 bits per heavy atom. The maximum Gasteiger partial charge on any atom is 0.277 e. The molecule has 3 rings (SSSR count). The molecule has 0 aliphatic rings. The molecular formula is C17H13N5O5. The van der Waals surface area contributed by atoms with E-state index >= 15 is 0 Å². The number of nitrogens with one attached hydrogen (secondary N) is 1. The fourth-order valence-electron chi connectivity index (χ4n) is 2.49. The second-order valence-electron chi connectivity index (χ2n) is 5.60. The number of nitro benzene ring substituents is 2. The number of imidazole rings is 1. The molecule has 0 saturated heterocycles. The van der Waals surface area contributed by atoms with Crippen LogP contribution in [0.5, 0.6) is 0 Å². The summed E-state index contributed by atoms with van der Waals surface area (Å²) < 4.78 is 1.81. The zero-order valence-corrected chi connectivity index (χ0v) is 13.8. The van der Waals surface area contributed by atoms with E-state index in [4.69, 9.17) is 0 Å². The maximum atomic E-state index is 12.5. The molecular weight excluding hydrogens is 354 g/mol. The SMILES string of the molecule is O=C(Nc1ccccc1Cn1ccnc1)c1cc([N+](=O)[O-])cc([N+](=O)[O-])c1. The average molecular weight is 367 g/mol. The Balaban J connectivity index is 1.90. The molecule has 0 aliphatic heterocycles. The number of para-hydroxylation sites is 1. The van der Waals surface area contributed by atoms with Crippen LogP contribution >= 0.6 is 0 Å². The number of hydrogen-bond acceptors (Lipinski definition) is 6. The summed E-state index contributed by atoms with van der Waals surface area (Å²) >= 11 is 0. The van der Waals surface area contributed by atoms with Crippen LogP contribution in [-0.2, 0) is 6.54 Å². The highest BCUT2D eigenvalue weighted by Crippen LogP contribution is 2.24. The van der Waals surface area contributed by atoms with Crippen molar-refractivity contribution in [3.63, 3.8) is 0 Å². The van der Waals surface area contributed by atoms with Crippen molar-refractivity contribution in [1.29, 1.82) is 0 Å². The smallest absolute Gasteiger partial charge is 0.277 e. The molecule has 3 aromatic rings. The van der Waals surface area contributed by atoms with Crippen LogP contribution in [0.2, 0.25) is 0 Å². The van der Waals surface area contributed by atoms with Gasteiger partial charge in [0, 0.05) is 30.2 Å². The van der Waals surface area contributed by atoms with Gasteiger partial charge in [-0.15, -0.1) is 0 Å². The first-order chi connectivity index (χ1) is 12.9. The van der Waals surface area contributed by atoms with Crippen molar-refractivity contribution in [3.8, 4) is 0 Å². The molecule has 0 atom stereocenters. The lowest BCUT2D eigenvalue weighted by Crippen LogP contribution is -2.14. The van der Waals surface area contributed by atoms with Crippen LogP contribution in [0.1, 0.15) is 15.9 Å². The number of carbonyl (C=O) groups is 1. The van der Waals surface area contributed by atoms with E-state index in [1.807, 2.05) is 10.6 Å². The summed E-state index contributed by atoms with van der Waals surface area (Å²) in [6.07, 6.45) is 5.02. The molecule has 0 aliphatic carbocycles. The van der Waals surface area contributed by atoms with E-state index in [1.165, 1.54) is 0 Å². The summed E-state index contributed by atoms with van der Waals surface area (Å²) in [6.45, 7) is 0.450. The second kappa shape index (κ2) is 7.44. The third-order valence-electron chi connectivity index (χ3n) is 3.76. The van der Waals surface area contributed by atoms with Gasteiger partial charge in [0.05, 0.1) is 34.3 Å². The van der Waals surface area contributed by atoms with E-state index in [1.54, 1.807) is 36.9 Å². The average Bonchev–Trinajstić information content (AvgIpc) is 3.16. The van der Waals surface area contributed by atoms with E-state index in [9.17, 15) is 25.0 Å². The van der Waals surface area contributed by atoms with E-state index in [0.717, 1.165) is 23.8 Å². The summed E-state index contributed by atoms with van der Waals surface area (Å²) in [5.74, 6) is -0.681. The van der Waals surface area contributed by atoms with Gasteiger partial charge in [-0.1, -0.05) is 18.2 Å². The van der Waals surface area contributed by atoms with Crippen LogP contribution in [-0.4, -0.2) is 25.3 Å². The Bertz CT molecular complexity index is 984. The lowest BCUT2D eigenvalue weighted by atomic mass is 10.1. The van der Waals surface area contributed by atoms with Gasteiger partial charge in [0.25, 0.3) is 17.3 Å². The van der Waals surface area contributed by atoms with E-state index < -0.39 is 27.1 Å². The Morgan fingerprint density at radius 2 is 1.74 bits per heavy atom. The van der Waals surface area contributed by atoms with E-state index in [-0.39, 0.29) is 5.56 Å². The summed E-state index contributed by atoms with van der Waals surface area (Å²) in [7, 11) is 0. The molecule has 1 N–H and O–H groups in total. The molecule has 0 fully saturated rings. The Hall–Kier alpha value is -4.08. The lowest BCUT2D eigenvalue weighted by Gasteiger charge is -2.11. The molecule has 2 aromatic carbocycles. The van der Waals surface area contributed by atoms with Gasteiger partial charge in [-0.05, 0) is 11.6 Å². The number of nitro groups is 2. The van der Waals surface area contributed by atoms with Gasteiger partial charge in [-0.25, -0.2) is 4.98 Å². The molecule has 0 bridgehead atoms. The molecule has 0 spiro atoms. The zero-order valence-electron chi connectivity index (χ0n) is 13.8. The number of anilines is 1. The molecule has 1 heterocycles. The number of benzene rings is 2. The largest absolute Gasteiger partial charge is 0.333 e. The molecule has 10 nitrogen and oxygen atoms in total. The molecule has 136 valence electrons. The van der Waals surface area contributed by atoms with Gasteiger partial charge in [0.1, 0.15) is 0 Å². The number of aromatic nitrogens is 2. The number of carbonyl (C=O) groups excluding carboxylic acids is 1. The highest BCUT2D eigenvalue weighted by Gasteiger charge is 2.20. The monoisotopic (exact) mass is 367 g/mol. The molecule has 10 heteroatoms. The number of amides is 1. The predicted molar refractivity (Wildman–Crippen MR) is 95.5 cm³/mol. The van der Waals surface area contributed by atoms with Crippen LogP contribution in [0.4, 0.5) is 17.1 Å². The molecule has 27 heavy (non-hydrogen) atoms. The molecule has 0 unspecified atom stereocenters.